The van der Waals surface area contributed by atoms with E-state index in [0.29, 0.717) is 12.8 Å². The topological polar surface area (TPSA) is 126 Å². The first-order valence-electron chi connectivity index (χ1n) is 6.23. The second kappa shape index (κ2) is 9.24. The molecule has 0 saturated heterocycles. The van der Waals surface area contributed by atoms with E-state index in [1.165, 1.54) is 0 Å². The summed E-state index contributed by atoms with van der Waals surface area (Å²) in [5, 5.41) is 0. The summed E-state index contributed by atoms with van der Waals surface area (Å²) in [6.45, 7) is 0. The predicted molar refractivity (Wildman–Crippen MR) is 61.9 cm³/mol. The summed E-state index contributed by atoms with van der Waals surface area (Å²) in [6, 6.07) is 0. The van der Waals surface area contributed by atoms with Crippen LogP contribution in [0.5, 0.6) is 0 Å². The normalized spacial score (nSPS) is 12.9. The van der Waals surface area contributed by atoms with E-state index in [1.807, 2.05) is 0 Å². The number of hydrogen-bond donors (Lipinski definition) is 0. The quantitative estimate of drug-likeness (QED) is 0.388. The lowest BCUT2D eigenvalue weighted by atomic mass is 10.1. The first-order chi connectivity index (χ1) is 8.21. The van der Waals surface area contributed by atoms with Gasteiger partial charge >= 0.3 is 0 Å². The van der Waals surface area contributed by atoms with E-state index in [0.717, 1.165) is 38.5 Å². The van der Waals surface area contributed by atoms with Gasteiger partial charge in [-0.15, -0.1) is 0 Å². The van der Waals surface area contributed by atoms with Crippen LogP contribution in [0.2, 0.25) is 0 Å². The Kier molecular flexibility index (Phi) is 9.40. The highest BCUT2D eigenvalue weighted by Crippen LogP contribution is 2.26. The highest BCUT2D eigenvalue weighted by molar-refractivity contribution is 7.49. The molecular weight excluding hydrogens is 278 g/mol. The molecule has 0 aliphatic carbocycles. The molecule has 0 fully saturated rings. The van der Waals surface area contributed by atoms with Crippen LogP contribution in [0.15, 0.2) is 0 Å². The van der Waals surface area contributed by atoms with Crippen molar-refractivity contribution in [3.63, 3.8) is 0 Å². The van der Waals surface area contributed by atoms with Gasteiger partial charge in [0.15, 0.2) is 0 Å². The van der Waals surface area contributed by atoms with Crippen molar-refractivity contribution in [3.8, 4) is 0 Å². The van der Waals surface area contributed by atoms with Crippen LogP contribution in [0.3, 0.4) is 0 Å². The smallest absolute Gasteiger partial charge is 0.0250 e. The number of unbranched alkanes of at least 4 members (excludes halogenated alkanes) is 7. The van der Waals surface area contributed by atoms with E-state index in [1.54, 1.807) is 0 Å². The molecule has 0 aliphatic heterocycles. The second-order valence-electron chi connectivity index (χ2n) is 4.50. The number of hydrogen-bond acceptors (Lipinski definition) is 6. The lowest BCUT2D eigenvalue weighted by Crippen LogP contribution is -2.16. The second-order valence-corrected chi connectivity index (χ2v) is 7.84. The van der Waals surface area contributed by atoms with E-state index in [9.17, 15) is 28.7 Å². The Balaban J connectivity index is 3.17. The Morgan fingerprint density at radius 1 is 0.500 bits per heavy atom. The molecule has 0 aromatic heterocycles. The summed E-state index contributed by atoms with van der Waals surface area (Å²) in [7, 11) is -8.68. The van der Waals surface area contributed by atoms with E-state index in [4.69, 9.17) is 0 Å². The third-order valence-corrected chi connectivity index (χ3v) is 4.34. The van der Waals surface area contributed by atoms with E-state index >= 15 is 0 Å². The molecule has 0 amide bonds. The minimum atomic E-state index is -4.34. The fourth-order valence-corrected chi connectivity index (χ4v) is 2.89. The van der Waals surface area contributed by atoms with Gasteiger partial charge in [0.05, 0.1) is 0 Å². The van der Waals surface area contributed by atoms with E-state index in [2.05, 4.69) is 0 Å². The maximum Gasteiger partial charge on any atom is -0.0250 e. The summed E-state index contributed by atoms with van der Waals surface area (Å²) in [4.78, 5) is 41.3. The first kappa shape index (κ1) is 18.3. The van der Waals surface area contributed by atoms with Gasteiger partial charge in [-0.25, -0.2) is 0 Å². The van der Waals surface area contributed by atoms with Crippen molar-refractivity contribution in [2.45, 2.75) is 51.4 Å². The van der Waals surface area contributed by atoms with Crippen molar-refractivity contribution < 1.29 is 28.7 Å². The van der Waals surface area contributed by atoms with Gasteiger partial charge in [0.2, 0.25) is 0 Å². The molecule has 0 N–H and O–H groups in total. The number of rotatable bonds is 11. The van der Waals surface area contributed by atoms with Crippen LogP contribution in [-0.4, -0.2) is 12.3 Å². The van der Waals surface area contributed by atoms with E-state index < -0.39 is 15.2 Å². The Bertz CT molecular complexity index is 265. The van der Waals surface area contributed by atoms with Crippen molar-refractivity contribution in [3.05, 3.63) is 0 Å². The van der Waals surface area contributed by atoms with Crippen LogP contribution in [0.1, 0.15) is 51.4 Å². The lowest BCUT2D eigenvalue weighted by molar-refractivity contribution is -0.315. The Morgan fingerprint density at radius 3 is 0.944 bits per heavy atom. The van der Waals surface area contributed by atoms with Gasteiger partial charge in [-0.2, -0.15) is 0 Å². The summed E-state index contributed by atoms with van der Waals surface area (Å²) >= 11 is 0. The van der Waals surface area contributed by atoms with Gasteiger partial charge in [-0.1, -0.05) is 53.7 Å². The summed E-state index contributed by atoms with van der Waals surface area (Å²) in [6.07, 6.45) is 5.38. The minimum Gasteiger partial charge on any atom is -0.811 e. The van der Waals surface area contributed by atoms with Crippen molar-refractivity contribution in [2.24, 2.45) is 0 Å². The third kappa shape index (κ3) is 16.3. The summed E-state index contributed by atoms with van der Waals surface area (Å²) < 4.78 is 20.6. The zero-order valence-electron chi connectivity index (χ0n) is 10.4. The van der Waals surface area contributed by atoms with Crippen LogP contribution in [0.4, 0.5) is 0 Å². The molecule has 0 unspecified atom stereocenters. The van der Waals surface area contributed by atoms with Crippen molar-refractivity contribution in [1.82, 2.24) is 0 Å². The molecule has 110 valence electrons. The Hall–Kier alpha value is 0.300. The standard InChI is InChI=1S/C10H24O6P2/c11-17(12,13)9-7-5-3-1-2-4-6-8-10-18(14,15)16/h1-10H2,(H2,11,12,13)(H2,14,15,16)/p-4. The minimum absolute atomic E-state index is 0.269. The largest absolute Gasteiger partial charge is 0.811 e. The maximum absolute atomic E-state index is 10.3. The molecule has 0 heterocycles. The van der Waals surface area contributed by atoms with Crippen molar-refractivity contribution >= 4 is 15.2 Å². The molecule has 0 bridgehead atoms. The van der Waals surface area contributed by atoms with Crippen LogP contribution < -0.4 is 19.6 Å². The molecular formula is C10H20O6P2-4. The molecule has 0 rings (SSSR count). The van der Waals surface area contributed by atoms with Crippen LogP contribution in [0.25, 0.3) is 0 Å². The molecule has 6 nitrogen and oxygen atoms in total. The monoisotopic (exact) mass is 298 g/mol. The molecule has 0 atom stereocenters. The first-order valence-corrected chi connectivity index (χ1v) is 9.68. The average Bonchev–Trinajstić information content (AvgIpc) is 2.17. The Morgan fingerprint density at radius 2 is 0.722 bits per heavy atom. The Labute approximate surface area is 108 Å². The van der Waals surface area contributed by atoms with Gasteiger partial charge < -0.3 is 28.7 Å². The average molecular weight is 298 g/mol. The molecule has 8 heteroatoms. The molecule has 18 heavy (non-hydrogen) atoms. The van der Waals surface area contributed by atoms with E-state index in [-0.39, 0.29) is 12.3 Å². The van der Waals surface area contributed by atoms with Gasteiger partial charge in [0.25, 0.3) is 0 Å². The van der Waals surface area contributed by atoms with Crippen LogP contribution >= 0.6 is 15.2 Å². The van der Waals surface area contributed by atoms with Gasteiger partial charge in [-0.3, -0.25) is 0 Å². The highest BCUT2D eigenvalue weighted by atomic mass is 31.2. The maximum atomic E-state index is 10.3. The zero-order chi connectivity index (χ0) is 14.1. The zero-order valence-corrected chi connectivity index (χ0v) is 12.2. The molecule has 0 radical (unpaired) electrons. The lowest BCUT2D eigenvalue weighted by Gasteiger charge is -2.29. The SMILES string of the molecule is O=P([O-])([O-])CCCCCCCCCCP(=O)([O-])[O-]. The fraction of sp³-hybridized carbons (Fsp3) is 1.00. The fourth-order valence-electron chi connectivity index (χ4n) is 1.67. The molecule has 0 saturated carbocycles. The van der Waals surface area contributed by atoms with Crippen LogP contribution in [-0.2, 0) is 9.13 Å². The molecule has 0 aromatic carbocycles. The van der Waals surface area contributed by atoms with Crippen molar-refractivity contribution in [1.29, 1.82) is 0 Å². The third-order valence-electron chi connectivity index (χ3n) is 2.61. The summed E-state index contributed by atoms with van der Waals surface area (Å²) in [5.74, 6) is 0. The highest BCUT2D eigenvalue weighted by Gasteiger charge is 1.95. The van der Waals surface area contributed by atoms with Gasteiger partial charge in [0.1, 0.15) is 0 Å². The van der Waals surface area contributed by atoms with Gasteiger partial charge in [-0.05, 0) is 25.2 Å². The summed E-state index contributed by atoms with van der Waals surface area (Å²) in [5.41, 5.74) is 0. The van der Waals surface area contributed by atoms with Crippen molar-refractivity contribution in [2.75, 3.05) is 12.3 Å². The molecule has 0 spiro atoms. The molecule has 0 aliphatic rings. The predicted octanol–water partition coefficient (Wildman–Crippen LogP) is -0.0654. The van der Waals surface area contributed by atoms with Crippen LogP contribution in [0, 0.1) is 0 Å². The van der Waals surface area contributed by atoms with Gasteiger partial charge in [0, 0.05) is 0 Å². The molecule has 0 aromatic rings.